The number of nitrogens with zero attached hydrogens (tertiary/aromatic N) is 4. The van der Waals surface area contributed by atoms with E-state index >= 15 is 0 Å². The minimum Gasteiger partial charge on any atom is -0.347 e. The first-order valence-electron chi connectivity index (χ1n) is 11.8. The van der Waals surface area contributed by atoms with Crippen LogP contribution in [0.1, 0.15) is 60.5 Å². The number of nitrogens with one attached hydrogen (secondary N) is 1. The fourth-order valence-electron chi connectivity index (χ4n) is 5.96. The monoisotopic (exact) mass is 455 g/mol. The van der Waals surface area contributed by atoms with Gasteiger partial charge in [0.05, 0.1) is 6.04 Å². The van der Waals surface area contributed by atoms with E-state index in [2.05, 4.69) is 27.6 Å². The molecule has 2 aliphatic carbocycles. The van der Waals surface area contributed by atoms with Crippen molar-refractivity contribution in [2.45, 2.75) is 74.9 Å². The van der Waals surface area contributed by atoms with Crippen molar-refractivity contribution in [3.8, 4) is 0 Å². The predicted octanol–water partition coefficient (Wildman–Crippen LogP) is 2.70. The van der Waals surface area contributed by atoms with E-state index in [-0.39, 0.29) is 48.0 Å². The number of aromatic nitrogens is 3. The molecule has 0 radical (unpaired) electrons. The third kappa shape index (κ3) is 3.43. The summed E-state index contributed by atoms with van der Waals surface area (Å²) in [6.07, 6.45) is 3.36. The number of alkyl halides is 2. The van der Waals surface area contributed by atoms with E-state index in [0.29, 0.717) is 19.5 Å². The normalized spacial score (nSPS) is 28.4. The highest BCUT2D eigenvalue weighted by atomic mass is 19.3. The maximum Gasteiger partial charge on any atom is 0.289 e. The van der Waals surface area contributed by atoms with Gasteiger partial charge in [0.25, 0.3) is 5.91 Å². The Bertz CT molecular complexity index is 1090. The molecule has 3 heterocycles. The Morgan fingerprint density at radius 1 is 1.06 bits per heavy atom. The lowest BCUT2D eigenvalue weighted by molar-refractivity contribution is -0.161. The smallest absolute Gasteiger partial charge is 0.289 e. The number of aryl methyl sites for hydroxylation is 1. The minimum atomic E-state index is -2.74. The molecule has 7 nitrogen and oxygen atoms in total. The Balaban J connectivity index is 1.36. The number of benzene rings is 1. The van der Waals surface area contributed by atoms with Crippen LogP contribution in [0.2, 0.25) is 0 Å². The van der Waals surface area contributed by atoms with E-state index in [9.17, 15) is 18.4 Å². The molecule has 2 amide bonds. The molecule has 1 aromatic heterocycles. The van der Waals surface area contributed by atoms with Crippen LogP contribution in [0.4, 0.5) is 8.78 Å². The third-order valence-electron chi connectivity index (χ3n) is 7.98. The molecule has 0 bridgehead atoms. The van der Waals surface area contributed by atoms with Crippen molar-refractivity contribution in [3.63, 3.8) is 0 Å². The highest BCUT2D eigenvalue weighted by molar-refractivity contribution is 5.91. The standard InChI is InChI=1S/C24H27F2N5O2/c25-24(26)12-15(13-24)22(33)30-11-10-23(16-4-2-1-3-5-16)9-8-19-28-29-20(31(19)14-18(23)30)21(32)27-17-6-7-17/h1-5,15,17-18H,6-14H2,(H,27,32)/t18-,23-/m0/s1. The molecule has 2 aliphatic heterocycles. The Kier molecular flexibility index (Phi) is 4.61. The number of carbonyl (C=O) groups is 2. The zero-order valence-corrected chi connectivity index (χ0v) is 18.3. The summed E-state index contributed by atoms with van der Waals surface area (Å²) in [5, 5.41) is 11.5. The van der Waals surface area contributed by atoms with Crippen LogP contribution in [0.15, 0.2) is 30.3 Å². The van der Waals surface area contributed by atoms with Gasteiger partial charge in [-0.05, 0) is 31.2 Å². The minimum absolute atomic E-state index is 0.191. The van der Waals surface area contributed by atoms with Gasteiger partial charge in [0.2, 0.25) is 17.7 Å². The van der Waals surface area contributed by atoms with Crippen molar-refractivity contribution in [2.24, 2.45) is 5.92 Å². The second kappa shape index (κ2) is 7.33. The Labute approximate surface area is 190 Å². The Hall–Kier alpha value is -2.84. The van der Waals surface area contributed by atoms with Crippen molar-refractivity contribution >= 4 is 11.8 Å². The lowest BCUT2D eigenvalue weighted by atomic mass is 9.71. The maximum absolute atomic E-state index is 13.5. The van der Waals surface area contributed by atoms with Crippen LogP contribution in [0.25, 0.3) is 0 Å². The number of likely N-dealkylation sites (tertiary alicyclic amines) is 1. The molecule has 1 N–H and O–H groups in total. The fourth-order valence-corrected chi connectivity index (χ4v) is 5.96. The Morgan fingerprint density at radius 3 is 2.52 bits per heavy atom. The summed E-state index contributed by atoms with van der Waals surface area (Å²) in [5.41, 5.74) is 0.834. The van der Waals surface area contributed by atoms with E-state index < -0.39 is 11.8 Å². The summed E-state index contributed by atoms with van der Waals surface area (Å²) in [6, 6.07) is 10.1. The van der Waals surface area contributed by atoms with Gasteiger partial charge in [-0.25, -0.2) is 8.78 Å². The van der Waals surface area contributed by atoms with Gasteiger partial charge >= 0.3 is 0 Å². The lowest BCUT2D eigenvalue weighted by Gasteiger charge is -2.41. The van der Waals surface area contributed by atoms with Crippen LogP contribution in [0.3, 0.4) is 0 Å². The number of amides is 2. The average molecular weight is 456 g/mol. The summed E-state index contributed by atoms with van der Waals surface area (Å²) in [7, 11) is 0. The van der Waals surface area contributed by atoms with Gasteiger partial charge in [-0.15, -0.1) is 10.2 Å². The van der Waals surface area contributed by atoms with Gasteiger partial charge in [0.15, 0.2) is 0 Å². The van der Waals surface area contributed by atoms with Gasteiger partial charge < -0.3 is 14.8 Å². The number of hydrogen-bond acceptors (Lipinski definition) is 4. The SMILES string of the molecule is O=C(NC1CC1)c1nnc2n1C[C@@H]1N(C(=O)C3CC(F)(F)C3)CC[C@]1(c1ccccc1)CC2. The lowest BCUT2D eigenvalue weighted by Crippen LogP contribution is -2.52. The molecule has 0 spiro atoms. The number of carbonyl (C=O) groups excluding carboxylic acids is 2. The zero-order valence-electron chi connectivity index (χ0n) is 18.3. The first kappa shape index (κ1) is 20.7. The van der Waals surface area contributed by atoms with Gasteiger partial charge in [-0.1, -0.05) is 30.3 Å². The van der Waals surface area contributed by atoms with Crippen LogP contribution in [0, 0.1) is 5.92 Å². The first-order valence-corrected chi connectivity index (χ1v) is 11.8. The number of hydrogen-bond donors (Lipinski definition) is 1. The van der Waals surface area contributed by atoms with Crippen molar-refractivity contribution in [2.75, 3.05) is 6.54 Å². The maximum atomic E-state index is 13.5. The highest BCUT2D eigenvalue weighted by Gasteiger charge is 2.56. The summed E-state index contributed by atoms with van der Waals surface area (Å²) in [4.78, 5) is 28.0. The van der Waals surface area contributed by atoms with Crippen molar-refractivity contribution < 1.29 is 18.4 Å². The molecule has 33 heavy (non-hydrogen) atoms. The average Bonchev–Trinajstić information content (AvgIpc) is 3.43. The third-order valence-corrected chi connectivity index (χ3v) is 7.98. The van der Waals surface area contributed by atoms with Gasteiger partial charge in [-0.3, -0.25) is 9.59 Å². The number of halogens is 2. The Morgan fingerprint density at radius 2 is 1.82 bits per heavy atom. The van der Waals surface area contributed by atoms with Crippen LogP contribution in [-0.4, -0.2) is 56.0 Å². The summed E-state index contributed by atoms with van der Waals surface area (Å²) < 4.78 is 28.9. The summed E-state index contributed by atoms with van der Waals surface area (Å²) in [6.45, 7) is 0.918. The van der Waals surface area contributed by atoms with Gasteiger partial charge in [-0.2, -0.15) is 0 Å². The number of rotatable bonds is 4. The number of fused-ring (bicyclic) bond motifs is 2. The van der Waals surface area contributed by atoms with Crippen LogP contribution in [0.5, 0.6) is 0 Å². The molecule has 6 rings (SSSR count). The molecule has 3 fully saturated rings. The zero-order chi connectivity index (χ0) is 22.8. The van der Waals surface area contributed by atoms with Crippen LogP contribution in [-0.2, 0) is 23.2 Å². The van der Waals surface area contributed by atoms with E-state index in [4.69, 9.17) is 0 Å². The molecule has 4 aliphatic rings. The summed E-state index contributed by atoms with van der Waals surface area (Å²) in [5.74, 6) is -2.79. The topological polar surface area (TPSA) is 80.1 Å². The molecule has 2 atom stereocenters. The van der Waals surface area contributed by atoms with Crippen LogP contribution >= 0.6 is 0 Å². The van der Waals surface area contributed by atoms with E-state index in [1.165, 1.54) is 0 Å². The molecular formula is C24H27F2N5O2. The molecule has 174 valence electrons. The quantitative estimate of drug-likeness (QED) is 0.769. The second-order valence-electron chi connectivity index (χ2n) is 10.1. The molecular weight excluding hydrogens is 428 g/mol. The van der Waals surface area contributed by atoms with E-state index in [0.717, 1.165) is 37.1 Å². The van der Waals surface area contributed by atoms with Gasteiger partial charge in [0, 0.05) is 49.7 Å². The molecule has 1 aromatic carbocycles. The molecule has 1 saturated heterocycles. The van der Waals surface area contributed by atoms with Crippen molar-refractivity contribution in [3.05, 3.63) is 47.5 Å². The molecule has 9 heteroatoms. The highest BCUT2D eigenvalue weighted by Crippen LogP contribution is 2.49. The fraction of sp³-hybridized carbons (Fsp3) is 0.583. The van der Waals surface area contributed by atoms with E-state index in [1.807, 2.05) is 27.7 Å². The van der Waals surface area contributed by atoms with Crippen LogP contribution < -0.4 is 5.32 Å². The molecule has 2 aromatic rings. The van der Waals surface area contributed by atoms with Crippen molar-refractivity contribution in [1.29, 1.82) is 0 Å². The molecule has 0 unspecified atom stereocenters. The summed E-state index contributed by atoms with van der Waals surface area (Å²) >= 11 is 0. The van der Waals surface area contributed by atoms with Crippen molar-refractivity contribution in [1.82, 2.24) is 25.0 Å². The molecule has 2 saturated carbocycles. The predicted molar refractivity (Wildman–Crippen MR) is 115 cm³/mol. The second-order valence-corrected chi connectivity index (χ2v) is 10.1. The largest absolute Gasteiger partial charge is 0.347 e. The van der Waals surface area contributed by atoms with Gasteiger partial charge in [0.1, 0.15) is 5.82 Å². The van der Waals surface area contributed by atoms with E-state index in [1.54, 1.807) is 0 Å². The first-order chi connectivity index (χ1) is 15.9.